The van der Waals surface area contributed by atoms with Crippen molar-refractivity contribution >= 4 is 5.69 Å². The van der Waals surface area contributed by atoms with Crippen LogP contribution in [0, 0.1) is 30.2 Å². The monoisotopic (exact) mass is 616 g/mol. The van der Waals surface area contributed by atoms with Crippen molar-refractivity contribution in [3.05, 3.63) is 156 Å². The van der Waals surface area contributed by atoms with Crippen molar-refractivity contribution < 1.29 is 0 Å². The average molecular weight is 617 g/mol. The maximum absolute atomic E-state index is 7.50. The molecule has 11 rings (SSSR count). The number of hydrogen-bond donors (Lipinski definition) is 0. The Hall–Kier alpha value is -5.26. The van der Waals surface area contributed by atoms with Gasteiger partial charge in [-0.05, 0) is 118 Å². The molecule has 48 heavy (non-hydrogen) atoms. The molecule has 0 radical (unpaired) electrons. The van der Waals surface area contributed by atoms with Gasteiger partial charge >= 0.3 is 0 Å². The van der Waals surface area contributed by atoms with Gasteiger partial charge in [0.1, 0.15) is 0 Å². The van der Waals surface area contributed by atoms with Crippen molar-refractivity contribution in [1.29, 1.82) is 0 Å². The Kier molecular flexibility index (Phi) is 6.16. The summed E-state index contributed by atoms with van der Waals surface area (Å²) in [5.41, 5.74) is 15.9. The van der Waals surface area contributed by atoms with E-state index < -0.39 is 0 Å². The number of nitrogens with zero attached hydrogens (tertiary/aromatic N) is 2. The second-order valence-corrected chi connectivity index (χ2v) is 14.7. The highest BCUT2D eigenvalue weighted by Crippen LogP contribution is 2.70. The molecule has 2 nitrogen and oxygen atoms in total. The highest BCUT2D eigenvalue weighted by Gasteiger charge is 2.61. The number of hydrogen-bond acceptors (Lipinski definition) is 1. The fourth-order valence-electron chi connectivity index (χ4n) is 10.6. The summed E-state index contributed by atoms with van der Waals surface area (Å²) in [7, 11) is 0. The van der Waals surface area contributed by atoms with Crippen LogP contribution in [-0.4, -0.2) is 4.98 Å². The molecule has 2 heteroatoms. The van der Waals surface area contributed by atoms with Crippen LogP contribution in [0.15, 0.2) is 133 Å². The fraction of sp³-hybridized carbons (Fsp3) is 0.217. The van der Waals surface area contributed by atoms with Crippen molar-refractivity contribution in [1.82, 2.24) is 4.98 Å². The van der Waals surface area contributed by atoms with Crippen LogP contribution in [0.25, 0.3) is 60.7 Å². The van der Waals surface area contributed by atoms with E-state index in [1.807, 2.05) is 12.1 Å². The molecule has 230 valence electrons. The Morgan fingerprint density at radius 1 is 0.500 bits per heavy atom. The van der Waals surface area contributed by atoms with E-state index in [4.69, 9.17) is 11.6 Å². The minimum absolute atomic E-state index is 0.0537. The van der Waals surface area contributed by atoms with Crippen LogP contribution in [-0.2, 0) is 5.41 Å². The van der Waals surface area contributed by atoms with E-state index in [-0.39, 0.29) is 5.41 Å². The zero-order valence-electron chi connectivity index (χ0n) is 26.9. The molecule has 4 bridgehead atoms. The summed E-state index contributed by atoms with van der Waals surface area (Å²) in [4.78, 5) is 8.85. The van der Waals surface area contributed by atoms with Gasteiger partial charge in [0.2, 0.25) is 0 Å². The van der Waals surface area contributed by atoms with Crippen molar-refractivity contribution in [2.45, 2.75) is 37.5 Å². The zero-order valence-corrected chi connectivity index (χ0v) is 26.9. The quantitative estimate of drug-likeness (QED) is 0.180. The van der Waals surface area contributed by atoms with Crippen LogP contribution >= 0.6 is 0 Å². The van der Waals surface area contributed by atoms with Crippen molar-refractivity contribution in [2.24, 2.45) is 23.7 Å². The van der Waals surface area contributed by atoms with Gasteiger partial charge in [0, 0.05) is 16.5 Å². The van der Waals surface area contributed by atoms with Crippen LogP contribution in [0.1, 0.15) is 43.2 Å². The van der Waals surface area contributed by atoms with Crippen LogP contribution in [0.2, 0.25) is 0 Å². The van der Waals surface area contributed by atoms with Gasteiger partial charge in [0.15, 0.2) is 5.69 Å². The van der Waals surface area contributed by atoms with Gasteiger partial charge in [0.25, 0.3) is 0 Å². The molecule has 1 heterocycles. The number of rotatable bonds is 4. The van der Waals surface area contributed by atoms with Crippen LogP contribution < -0.4 is 0 Å². The lowest BCUT2D eigenvalue weighted by molar-refractivity contribution is -0.0399. The third-order valence-electron chi connectivity index (χ3n) is 12.3. The van der Waals surface area contributed by atoms with Gasteiger partial charge in [0.05, 0.1) is 18.0 Å². The molecule has 1 spiro atoms. The molecule has 4 fully saturated rings. The SMILES string of the molecule is [C-]#[N+]c1ccc(-c2cccc3c2-c2ccc(-c4cc(-c5ccccc5)nc(-c5ccccc5)c4)cc2C32C3CC4CC(C3)CC2C4)cc1. The average Bonchev–Trinajstić information content (AvgIpc) is 3.44. The molecule has 1 aromatic heterocycles. The third kappa shape index (κ3) is 4.07. The lowest BCUT2D eigenvalue weighted by Crippen LogP contribution is -2.55. The summed E-state index contributed by atoms with van der Waals surface area (Å²) in [6.45, 7) is 7.50. The third-order valence-corrected chi connectivity index (χ3v) is 12.3. The Morgan fingerprint density at radius 3 is 1.71 bits per heavy atom. The second-order valence-electron chi connectivity index (χ2n) is 14.7. The van der Waals surface area contributed by atoms with Gasteiger partial charge in [-0.1, -0.05) is 115 Å². The van der Waals surface area contributed by atoms with Gasteiger partial charge in [-0.2, -0.15) is 0 Å². The minimum Gasteiger partial charge on any atom is -0.248 e. The Balaban J connectivity index is 1.20. The van der Waals surface area contributed by atoms with Gasteiger partial charge in [-0.25, -0.2) is 9.83 Å². The lowest BCUT2D eigenvalue weighted by atomic mass is 9.43. The summed E-state index contributed by atoms with van der Waals surface area (Å²) < 4.78 is 0. The first kappa shape index (κ1) is 27.8. The topological polar surface area (TPSA) is 17.2 Å². The van der Waals surface area contributed by atoms with E-state index >= 15 is 0 Å². The molecule has 0 N–H and O–H groups in total. The number of aromatic nitrogens is 1. The fourth-order valence-corrected chi connectivity index (χ4v) is 10.6. The first-order valence-corrected chi connectivity index (χ1v) is 17.6. The molecule has 0 unspecified atom stereocenters. The van der Waals surface area contributed by atoms with Crippen LogP contribution in [0.3, 0.4) is 0 Å². The summed E-state index contributed by atoms with van der Waals surface area (Å²) in [5, 5.41) is 0. The first-order chi connectivity index (χ1) is 23.7. The van der Waals surface area contributed by atoms with Crippen LogP contribution in [0.5, 0.6) is 0 Å². The van der Waals surface area contributed by atoms with Crippen molar-refractivity contribution in [3.8, 4) is 55.9 Å². The number of fused-ring (bicyclic) bond motifs is 3. The standard InChI is InChI=1S/C46H36N2/c1-47-38-18-15-31(16-19-38)39-13-8-14-41-45(39)40-20-17-34(26-42(40)46(41)36-22-29-21-30(24-36)25-37(46)23-29)35-27-43(32-9-4-2-5-10-32)48-44(28-35)33-11-6-3-7-12-33/h2-20,26-30,36-37H,21-25H2. The minimum atomic E-state index is 0.0537. The summed E-state index contributed by atoms with van der Waals surface area (Å²) in [6, 6.07) is 48.5. The smallest absolute Gasteiger partial charge is 0.187 e. The second kappa shape index (κ2) is 10.6. The molecule has 5 aromatic carbocycles. The molecule has 5 aliphatic rings. The van der Waals surface area contributed by atoms with E-state index in [1.54, 1.807) is 11.1 Å². The van der Waals surface area contributed by atoms with Gasteiger partial charge in [-0.3, -0.25) is 0 Å². The Labute approximate surface area is 283 Å². The zero-order chi connectivity index (χ0) is 31.8. The lowest BCUT2D eigenvalue weighted by Gasteiger charge is -2.61. The highest BCUT2D eigenvalue weighted by atomic mass is 14.7. The molecule has 0 saturated heterocycles. The van der Waals surface area contributed by atoms with Gasteiger partial charge < -0.3 is 0 Å². The number of benzene rings is 5. The maximum Gasteiger partial charge on any atom is 0.187 e. The molecular formula is C46H36N2. The molecule has 4 saturated carbocycles. The molecule has 0 aliphatic heterocycles. The van der Waals surface area contributed by atoms with Crippen molar-refractivity contribution in [3.63, 3.8) is 0 Å². The molecular weight excluding hydrogens is 581 g/mol. The van der Waals surface area contributed by atoms with E-state index in [2.05, 4.69) is 126 Å². The summed E-state index contributed by atoms with van der Waals surface area (Å²) in [5.74, 6) is 3.14. The maximum atomic E-state index is 7.50. The largest absolute Gasteiger partial charge is 0.248 e. The molecule has 0 amide bonds. The van der Waals surface area contributed by atoms with Gasteiger partial charge in [-0.15, -0.1) is 0 Å². The molecule has 0 atom stereocenters. The van der Waals surface area contributed by atoms with E-state index in [1.165, 1.54) is 65.5 Å². The van der Waals surface area contributed by atoms with Crippen LogP contribution in [0.4, 0.5) is 5.69 Å². The Bertz CT molecular complexity index is 2160. The summed E-state index contributed by atoms with van der Waals surface area (Å²) in [6.07, 6.45) is 6.85. The summed E-state index contributed by atoms with van der Waals surface area (Å²) >= 11 is 0. The first-order valence-electron chi connectivity index (χ1n) is 17.6. The normalized spacial score (nSPS) is 24.3. The predicted molar refractivity (Wildman–Crippen MR) is 196 cm³/mol. The van der Waals surface area contributed by atoms with E-state index in [9.17, 15) is 0 Å². The Morgan fingerprint density at radius 2 is 1.10 bits per heavy atom. The van der Waals surface area contributed by atoms with E-state index in [0.29, 0.717) is 17.5 Å². The van der Waals surface area contributed by atoms with E-state index in [0.717, 1.165) is 34.4 Å². The molecule has 5 aliphatic carbocycles. The number of pyridine rings is 1. The predicted octanol–water partition coefficient (Wildman–Crippen LogP) is 12.0. The highest BCUT2D eigenvalue weighted by molar-refractivity contribution is 5.94. The van der Waals surface area contributed by atoms with Crippen molar-refractivity contribution in [2.75, 3.05) is 0 Å². The molecule has 6 aromatic rings.